The molecule has 1 aromatic carbocycles. The summed E-state index contributed by atoms with van der Waals surface area (Å²) in [7, 11) is 1.62. The molecule has 98 valence electrons. The van der Waals surface area contributed by atoms with Crippen LogP contribution in [0.1, 0.15) is 18.2 Å². The monoisotopic (exact) mass is 255 g/mol. The zero-order chi connectivity index (χ0) is 13.7. The Bertz CT molecular complexity index is 554. The Kier molecular flexibility index (Phi) is 3.95. The van der Waals surface area contributed by atoms with Crippen LogP contribution in [0.25, 0.3) is 0 Å². The van der Waals surface area contributed by atoms with Gasteiger partial charge in [0, 0.05) is 18.3 Å². The van der Waals surface area contributed by atoms with Gasteiger partial charge in [-0.25, -0.2) is 0 Å². The van der Waals surface area contributed by atoms with E-state index in [0.29, 0.717) is 6.42 Å². The number of carbonyl (C=O) groups excluding carboxylic acids is 1. The van der Waals surface area contributed by atoms with Crippen molar-refractivity contribution in [2.75, 3.05) is 7.11 Å². The average Bonchev–Trinajstić information content (AvgIpc) is 2.48. The summed E-state index contributed by atoms with van der Waals surface area (Å²) in [4.78, 5) is 15.9. The maximum absolute atomic E-state index is 11.6. The van der Waals surface area contributed by atoms with E-state index in [1.165, 1.54) is 0 Å². The van der Waals surface area contributed by atoms with E-state index in [4.69, 9.17) is 4.74 Å². The van der Waals surface area contributed by atoms with Gasteiger partial charge in [-0.15, -0.1) is 0 Å². The van der Waals surface area contributed by atoms with Gasteiger partial charge in [-0.1, -0.05) is 18.2 Å². The number of hydrogen-bond acceptors (Lipinski definition) is 3. The van der Waals surface area contributed by atoms with E-state index in [2.05, 4.69) is 4.98 Å². The van der Waals surface area contributed by atoms with Crippen LogP contribution in [-0.4, -0.2) is 18.4 Å². The topological polar surface area (TPSA) is 39.2 Å². The van der Waals surface area contributed by atoms with Crippen LogP contribution in [-0.2, 0) is 16.6 Å². The zero-order valence-corrected chi connectivity index (χ0v) is 11.2. The molecule has 0 saturated heterocycles. The van der Waals surface area contributed by atoms with Gasteiger partial charge in [0.25, 0.3) is 0 Å². The molecule has 0 bridgehead atoms. The minimum Gasteiger partial charge on any atom is -0.497 e. The fraction of sp³-hybridized carbons (Fsp3) is 0.250. The molecule has 19 heavy (non-hydrogen) atoms. The van der Waals surface area contributed by atoms with Crippen molar-refractivity contribution in [1.82, 2.24) is 4.98 Å². The van der Waals surface area contributed by atoms with E-state index in [1.54, 1.807) is 13.3 Å². The van der Waals surface area contributed by atoms with Crippen molar-refractivity contribution < 1.29 is 9.53 Å². The van der Waals surface area contributed by atoms with E-state index in [0.717, 1.165) is 23.3 Å². The van der Waals surface area contributed by atoms with Crippen molar-refractivity contribution in [2.24, 2.45) is 0 Å². The van der Waals surface area contributed by atoms with Gasteiger partial charge in [0.05, 0.1) is 12.5 Å². The summed E-state index contributed by atoms with van der Waals surface area (Å²) < 4.78 is 5.21. The molecule has 0 N–H and O–H groups in total. The first-order chi connectivity index (χ1) is 9.18. The molecule has 2 aromatic rings. The summed E-state index contributed by atoms with van der Waals surface area (Å²) in [6.07, 6.45) is 3.30. The Morgan fingerprint density at radius 3 is 2.74 bits per heavy atom. The van der Waals surface area contributed by atoms with Gasteiger partial charge < -0.3 is 9.53 Å². The molecule has 0 amide bonds. The number of methoxy groups -OCH3 is 1. The Labute approximate surface area is 113 Å². The predicted molar refractivity (Wildman–Crippen MR) is 74.4 cm³/mol. The van der Waals surface area contributed by atoms with Crippen molar-refractivity contribution in [3.63, 3.8) is 0 Å². The SMILES string of the molecule is COc1cccc(C(C)(C=O)Cc2ccccn2)c1. The zero-order valence-electron chi connectivity index (χ0n) is 11.2. The van der Waals surface area contributed by atoms with Crippen LogP contribution < -0.4 is 4.74 Å². The van der Waals surface area contributed by atoms with Crippen molar-refractivity contribution in [1.29, 1.82) is 0 Å². The molecule has 0 aliphatic carbocycles. The fourth-order valence-electron chi connectivity index (χ4n) is 2.07. The lowest BCUT2D eigenvalue weighted by Gasteiger charge is -2.23. The molecule has 3 heteroatoms. The van der Waals surface area contributed by atoms with E-state index >= 15 is 0 Å². The van der Waals surface area contributed by atoms with E-state index in [9.17, 15) is 4.79 Å². The number of nitrogens with zero attached hydrogens (tertiary/aromatic N) is 1. The van der Waals surface area contributed by atoms with Crippen molar-refractivity contribution >= 4 is 6.29 Å². The van der Waals surface area contributed by atoms with Gasteiger partial charge in [-0.2, -0.15) is 0 Å². The third kappa shape index (κ3) is 2.99. The van der Waals surface area contributed by atoms with Crippen molar-refractivity contribution in [3.05, 3.63) is 59.9 Å². The smallest absolute Gasteiger partial charge is 0.130 e. The Morgan fingerprint density at radius 2 is 2.11 bits per heavy atom. The second-order valence-electron chi connectivity index (χ2n) is 4.77. The first-order valence-electron chi connectivity index (χ1n) is 6.19. The highest BCUT2D eigenvalue weighted by molar-refractivity contribution is 5.69. The maximum atomic E-state index is 11.6. The van der Waals surface area contributed by atoms with Gasteiger partial charge in [-0.05, 0) is 36.8 Å². The van der Waals surface area contributed by atoms with Crippen LogP contribution in [0.4, 0.5) is 0 Å². The normalized spacial score (nSPS) is 13.6. The van der Waals surface area contributed by atoms with Crippen molar-refractivity contribution in [3.8, 4) is 5.75 Å². The summed E-state index contributed by atoms with van der Waals surface area (Å²) in [5.74, 6) is 0.756. The first kappa shape index (κ1) is 13.3. The molecular weight excluding hydrogens is 238 g/mol. The number of carbonyl (C=O) groups is 1. The fourth-order valence-corrected chi connectivity index (χ4v) is 2.07. The Morgan fingerprint density at radius 1 is 1.26 bits per heavy atom. The highest BCUT2D eigenvalue weighted by Gasteiger charge is 2.27. The van der Waals surface area contributed by atoms with Gasteiger partial charge in [0.1, 0.15) is 12.0 Å². The number of aldehydes is 1. The lowest BCUT2D eigenvalue weighted by molar-refractivity contribution is -0.112. The predicted octanol–water partition coefficient (Wildman–Crippen LogP) is 2.79. The van der Waals surface area contributed by atoms with Gasteiger partial charge in [-0.3, -0.25) is 4.98 Å². The average molecular weight is 255 g/mol. The lowest BCUT2D eigenvalue weighted by Crippen LogP contribution is -2.27. The van der Waals surface area contributed by atoms with Crippen molar-refractivity contribution in [2.45, 2.75) is 18.8 Å². The summed E-state index contributed by atoms with van der Waals surface area (Å²) in [6.45, 7) is 1.92. The number of pyridine rings is 1. The van der Waals surface area contributed by atoms with E-state index in [1.807, 2.05) is 49.4 Å². The molecule has 1 unspecified atom stereocenters. The molecule has 2 rings (SSSR count). The molecule has 0 radical (unpaired) electrons. The maximum Gasteiger partial charge on any atom is 0.130 e. The molecule has 1 heterocycles. The number of aromatic nitrogens is 1. The van der Waals surface area contributed by atoms with Gasteiger partial charge in [0.2, 0.25) is 0 Å². The summed E-state index contributed by atoms with van der Waals surface area (Å²) in [5.41, 5.74) is 1.25. The minimum atomic E-state index is -0.594. The largest absolute Gasteiger partial charge is 0.497 e. The standard InChI is InChI=1S/C16H17NO2/c1-16(12-18,11-14-7-3-4-9-17-14)13-6-5-8-15(10-13)19-2/h3-10,12H,11H2,1-2H3. The van der Waals surface area contributed by atoms with Crippen LogP contribution in [0.5, 0.6) is 5.75 Å². The van der Waals surface area contributed by atoms with Crippen LogP contribution in [0.15, 0.2) is 48.7 Å². The first-order valence-corrected chi connectivity index (χ1v) is 6.19. The molecule has 0 saturated carbocycles. The molecule has 0 aliphatic rings. The third-order valence-corrected chi connectivity index (χ3v) is 3.26. The molecule has 0 fully saturated rings. The number of rotatable bonds is 5. The second kappa shape index (κ2) is 5.65. The number of ether oxygens (including phenoxy) is 1. The van der Waals surface area contributed by atoms with E-state index in [-0.39, 0.29) is 0 Å². The lowest BCUT2D eigenvalue weighted by atomic mass is 9.80. The van der Waals surface area contributed by atoms with Crippen LogP contribution in [0.3, 0.4) is 0 Å². The highest BCUT2D eigenvalue weighted by atomic mass is 16.5. The minimum absolute atomic E-state index is 0.574. The van der Waals surface area contributed by atoms with Gasteiger partial charge in [0.15, 0.2) is 0 Å². The number of benzene rings is 1. The molecule has 3 nitrogen and oxygen atoms in total. The highest BCUT2D eigenvalue weighted by Crippen LogP contribution is 2.28. The summed E-state index contributed by atoms with van der Waals surface area (Å²) in [6, 6.07) is 13.3. The third-order valence-electron chi connectivity index (χ3n) is 3.26. The van der Waals surface area contributed by atoms with Crippen LogP contribution in [0.2, 0.25) is 0 Å². The van der Waals surface area contributed by atoms with Crippen LogP contribution >= 0.6 is 0 Å². The van der Waals surface area contributed by atoms with Crippen LogP contribution in [0, 0.1) is 0 Å². The quantitative estimate of drug-likeness (QED) is 0.771. The molecule has 0 aliphatic heterocycles. The molecule has 1 atom stereocenters. The number of hydrogen-bond donors (Lipinski definition) is 0. The Balaban J connectivity index is 2.33. The molecular formula is C16H17NO2. The Hall–Kier alpha value is -2.16. The molecule has 0 spiro atoms. The second-order valence-corrected chi connectivity index (χ2v) is 4.77. The summed E-state index contributed by atoms with van der Waals surface area (Å²) >= 11 is 0. The summed E-state index contributed by atoms with van der Waals surface area (Å²) in [5, 5.41) is 0. The molecule has 1 aromatic heterocycles. The van der Waals surface area contributed by atoms with Gasteiger partial charge >= 0.3 is 0 Å². The van der Waals surface area contributed by atoms with E-state index < -0.39 is 5.41 Å².